The SMILES string of the molecule is C[C@@H](O[C@H]1CN2C(=O)CC(C)(C(=O)O)[C@H]2C1c1ccc(F)cc1)c1cc(C(F)(F)F)cc(C(F)(F)F)c1. The van der Waals surface area contributed by atoms with Gasteiger partial charge in [-0.25, -0.2) is 4.39 Å². The molecule has 0 aliphatic carbocycles. The maximum atomic E-state index is 13.6. The van der Waals surface area contributed by atoms with Gasteiger partial charge in [0.05, 0.1) is 34.8 Å². The third-order valence-corrected chi connectivity index (χ3v) is 7.15. The highest BCUT2D eigenvalue weighted by Crippen LogP contribution is 2.51. The quantitative estimate of drug-likeness (QED) is 0.494. The minimum atomic E-state index is -5.04. The van der Waals surface area contributed by atoms with Crippen LogP contribution in [0.2, 0.25) is 0 Å². The molecule has 2 aliphatic heterocycles. The molecule has 12 heteroatoms. The summed E-state index contributed by atoms with van der Waals surface area (Å²) in [6.45, 7) is 2.53. The van der Waals surface area contributed by atoms with E-state index in [1.54, 1.807) is 0 Å². The zero-order chi connectivity index (χ0) is 27.5. The van der Waals surface area contributed by atoms with Crippen molar-refractivity contribution in [2.45, 2.75) is 56.8 Å². The molecule has 2 saturated heterocycles. The number of hydrogen-bond acceptors (Lipinski definition) is 3. The maximum Gasteiger partial charge on any atom is 0.416 e. The van der Waals surface area contributed by atoms with Gasteiger partial charge in [0.25, 0.3) is 0 Å². The molecule has 2 aromatic carbocycles. The fourth-order valence-electron chi connectivity index (χ4n) is 5.30. The summed E-state index contributed by atoms with van der Waals surface area (Å²) in [7, 11) is 0. The summed E-state index contributed by atoms with van der Waals surface area (Å²) in [5, 5.41) is 9.91. The molecular formula is C25H22F7NO4. The molecule has 2 fully saturated rings. The van der Waals surface area contributed by atoms with Crippen molar-refractivity contribution in [1.29, 1.82) is 0 Å². The molecule has 5 nitrogen and oxygen atoms in total. The Balaban J connectivity index is 1.74. The molecule has 5 atom stereocenters. The minimum Gasteiger partial charge on any atom is -0.481 e. The molecule has 2 unspecified atom stereocenters. The number of carbonyl (C=O) groups excluding carboxylic acids is 1. The van der Waals surface area contributed by atoms with Crippen LogP contribution in [0.15, 0.2) is 42.5 Å². The van der Waals surface area contributed by atoms with E-state index in [0.29, 0.717) is 17.7 Å². The van der Waals surface area contributed by atoms with E-state index < -0.39 is 70.8 Å². The van der Waals surface area contributed by atoms with Crippen LogP contribution in [0.1, 0.15) is 54.5 Å². The van der Waals surface area contributed by atoms with Crippen LogP contribution in [0.25, 0.3) is 0 Å². The molecule has 2 aliphatic rings. The highest BCUT2D eigenvalue weighted by atomic mass is 19.4. The lowest BCUT2D eigenvalue weighted by Gasteiger charge is -2.33. The van der Waals surface area contributed by atoms with Crippen LogP contribution in [0.5, 0.6) is 0 Å². The number of fused-ring (bicyclic) bond motifs is 1. The number of amides is 1. The van der Waals surface area contributed by atoms with Crippen LogP contribution in [0, 0.1) is 11.2 Å². The van der Waals surface area contributed by atoms with Crippen molar-refractivity contribution >= 4 is 11.9 Å². The highest BCUT2D eigenvalue weighted by Gasteiger charge is 2.62. The molecule has 0 spiro atoms. The number of carboxylic acid groups (broad SMARTS) is 1. The van der Waals surface area contributed by atoms with Gasteiger partial charge < -0.3 is 14.7 Å². The molecule has 1 N–H and O–H groups in total. The van der Waals surface area contributed by atoms with Crippen molar-refractivity contribution in [3.05, 3.63) is 70.5 Å². The van der Waals surface area contributed by atoms with E-state index >= 15 is 0 Å². The predicted octanol–water partition coefficient (Wildman–Crippen LogP) is 5.80. The molecule has 1 amide bonds. The van der Waals surface area contributed by atoms with Gasteiger partial charge in [-0.2, -0.15) is 26.3 Å². The van der Waals surface area contributed by atoms with Gasteiger partial charge in [0, 0.05) is 18.9 Å². The third-order valence-electron chi connectivity index (χ3n) is 7.15. The lowest BCUT2D eigenvalue weighted by Crippen LogP contribution is -2.43. The van der Waals surface area contributed by atoms with Gasteiger partial charge in [-0.15, -0.1) is 0 Å². The van der Waals surface area contributed by atoms with E-state index in [1.807, 2.05) is 0 Å². The maximum absolute atomic E-state index is 13.6. The van der Waals surface area contributed by atoms with Crippen LogP contribution in [0.4, 0.5) is 30.7 Å². The minimum absolute atomic E-state index is 0.0141. The first-order valence-electron chi connectivity index (χ1n) is 11.3. The molecule has 2 aromatic rings. The number of benzene rings is 2. The standard InChI is InChI=1S/C25H22F7NO4/c1-12(14-7-15(24(27,28)29)9-16(8-14)25(30,31)32)37-18-11-33-19(34)10-23(2,22(35)36)21(33)20(18)13-3-5-17(26)6-4-13/h3-9,12,18,20-21H,10-11H2,1-2H3,(H,35,36)/t12-,18+,20?,21-,23?/m1/s1. The predicted molar refractivity (Wildman–Crippen MR) is 115 cm³/mol. The fraction of sp³-hybridized carbons (Fsp3) is 0.440. The van der Waals surface area contributed by atoms with Crippen molar-refractivity contribution in [2.24, 2.45) is 5.41 Å². The summed E-state index contributed by atoms with van der Waals surface area (Å²) in [5.74, 6) is -3.12. The van der Waals surface area contributed by atoms with Gasteiger partial charge in [-0.3, -0.25) is 9.59 Å². The van der Waals surface area contributed by atoms with Crippen LogP contribution in [-0.2, 0) is 26.7 Å². The van der Waals surface area contributed by atoms with Gasteiger partial charge in [0.1, 0.15) is 5.82 Å². The van der Waals surface area contributed by atoms with Crippen molar-refractivity contribution < 1.29 is 50.2 Å². The average Bonchev–Trinajstić information content (AvgIpc) is 3.28. The van der Waals surface area contributed by atoms with Gasteiger partial charge in [0.2, 0.25) is 5.91 Å². The number of ether oxygens (including phenoxy) is 1. The van der Waals surface area contributed by atoms with Gasteiger partial charge in [-0.1, -0.05) is 12.1 Å². The zero-order valence-electron chi connectivity index (χ0n) is 19.5. The highest BCUT2D eigenvalue weighted by molar-refractivity contribution is 5.90. The summed E-state index contributed by atoms with van der Waals surface area (Å²) in [6.07, 6.45) is -12.7. The van der Waals surface area contributed by atoms with Crippen molar-refractivity contribution in [3.63, 3.8) is 0 Å². The monoisotopic (exact) mass is 533 g/mol. The van der Waals surface area contributed by atoms with Crippen molar-refractivity contribution in [1.82, 2.24) is 4.90 Å². The van der Waals surface area contributed by atoms with E-state index in [4.69, 9.17) is 4.74 Å². The normalized spacial score (nSPS) is 26.9. The molecule has 0 saturated carbocycles. The van der Waals surface area contributed by atoms with E-state index in [1.165, 1.54) is 30.9 Å². The number of halogens is 7. The molecule has 2 heterocycles. The Bertz CT molecular complexity index is 1180. The molecule has 4 rings (SSSR count). The molecule has 0 aromatic heterocycles. The number of rotatable bonds is 5. The number of carboxylic acids is 1. The van der Waals surface area contributed by atoms with Crippen molar-refractivity contribution in [2.75, 3.05) is 6.54 Å². The van der Waals surface area contributed by atoms with Crippen LogP contribution >= 0.6 is 0 Å². The van der Waals surface area contributed by atoms with Gasteiger partial charge in [0.15, 0.2) is 0 Å². The number of nitrogens with zero attached hydrogens (tertiary/aromatic N) is 1. The topological polar surface area (TPSA) is 66.8 Å². The number of aliphatic carboxylic acids is 1. The first-order chi connectivity index (χ1) is 17.0. The Kier molecular flexibility index (Phi) is 6.54. The van der Waals surface area contributed by atoms with Crippen LogP contribution < -0.4 is 0 Å². The summed E-state index contributed by atoms with van der Waals surface area (Å²) in [6, 6.07) is 5.27. The number of hydrogen-bond donors (Lipinski definition) is 1. The summed E-state index contributed by atoms with van der Waals surface area (Å²) >= 11 is 0. The van der Waals surface area contributed by atoms with Gasteiger partial charge in [-0.05, 0) is 55.3 Å². The first kappa shape index (κ1) is 26.9. The molecule has 0 bridgehead atoms. The van der Waals surface area contributed by atoms with E-state index in [9.17, 15) is 45.4 Å². The Morgan fingerprint density at radius 3 is 2.08 bits per heavy atom. The number of alkyl halides is 6. The summed E-state index contributed by atoms with van der Waals surface area (Å²) in [4.78, 5) is 26.2. The van der Waals surface area contributed by atoms with E-state index in [-0.39, 0.29) is 24.6 Å². The molecule has 200 valence electrons. The summed E-state index contributed by atoms with van der Waals surface area (Å²) < 4.78 is 99.6. The molecule has 37 heavy (non-hydrogen) atoms. The lowest BCUT2D eigenvalue weighted by molar-refractivity contribution is -0.149. The average molecular weight is 533 g/mol. The van der Waals surface area contributed by atoms with Gasteiger partial charge >= 0.3 is 18.3 Å². The van der Waals surface area contributed by atoms with Crippen LogP contribution in [0.3, 0.4) is 0 Å². The lowest BCUT2D eigenvalue weighted by atomic mass is 9.73. The largest absolute Gasteiger partial charge is 0.481 e. The molecular weight excluding hydrogens is 511 g/mol. The van der Waals surface area contributed by atoms with E-state index in [0.717, 1.165) is 12.1 Å². The smallest absolute Gasteiger partial charge is 0.416 e. The van der Waals surface area contributed by atoms with Crippen LogP contribution in [-0.4, -0.2) is 40.6 Å². The first-order valence-corrected chi connectivity index (χ1v) is 11.3. The number of carbonyl (C=O) groups is 2. The second-order valence-electron chi connectivity index (χ2n) is 9.62. The Labute approximate surface area is 206 Å². The van der Waals surface area contributed by atoms with Crippen molar-refractivity contribution in [3.8, 4) is 0 Å². The fourth-order valence-corrected chi connectivity index (χ4v) is 5.30. The zero-order valence-corrected chi connectivity index (χ0v) is 19.5. The second-order valence-corrected chi connectivity index (χ2v) is 9.62. The molecule has 0 radical (unpaired) electrons. The Morgan fingerprint density at radius 2 is 1.59 bits per heavy atom. The summed E-state index contributed by atoms with van der Waals surface area (Å²) in [5.41, 5.74) is -4.50. The third kappa shape index (κ3) is 4.90. The van der Waals surface area contributed by atoms with E-state index in [2.05, 4.69) is 0 Å². The Morgan fingerprint density at radius 1 is 1.05 bits per heavy atom. The Hall–Kier alpha value is -3.15. The second kappa shape index (κ2) is 9.00.